The molecule has 2 heterocycles. The molecule has 6 nitrogen and oxygen atoms in total. The van der Waals surface area contributed by atoms with Gasteiger partial charge in [-0.3, -0.25) is 9.59 Å². The summed E-state index contributed by atoms with van der Waals surface area (Å²) in [6.45, 7) is 1.46. The molecule has 1 N–H and O–H groups in total. The summed E-state index contributed by atoms with van der Waals surface area (Å²) in [5, 5.41) is 0.545. The van der Waals surface area contributed by atoms with E-state index in [9.17, 15) is 9.59 Å². The first-order valence-electron chi connectivity index (χ1n) is 9.70. The van der Waals surface area contributed by atoms with Gasteiger partial charge in [-0.05, 0) is 42.7 Å². The summed E-state index contributed by atoms with van der Waals surface area (Å²) in [5.41, 5.74) is 1.38. The minimum absolute atomic E-state index is 0.0152. The second-order valence-electron chi connectivity index (χ2n) is 7.24. The van der Waals surface area contributed by atoms with Gasteiger partial charge in [0.15, 0.2) is 0 Å². The minimum Gasteiger partial charge on any atom is -0.376 e. The van der Waals surface area contributed by atoms with Crippen molar-refractivity contribution in [2.45, 2.75) is 31.9 Å². The number of fused-ring (bicyclic) bond motifs is 1. The third kappa shape index (κ3) is 4.92. The highest BCUT2D eigenvalue weighted by Crippen LogP contribution is 2.17. The van der Waals surface area contributed by atoms with Crippen LogP contribution < -0.4 is 5.56 Å². The number of carbonyl (C=O) groups is 1. The largest absolute Gasteiger partial charge is 0.376 e. The number of hydrogen-bond donors (Lipinski definition) is 1. The average molecular weight is 456 g/mol. The molecule has 0 bridgehead atoms. The molecule has 4 rings (SSSR count). The predicted octanol–water partition coefficient (Wildman–Crippen LogP) is 3.44. The van der Waals surface area contributed by atoms with Crippen molar-refractivity contribution >= 4 is 32.7 Å². The lowest BCUT2D eigenvalue weighted by Crippen LogP contribution is -2.38. The highest BCUT2D eigenvalue weighted by Gasteiger charge is 2.23. The van der Waals surface area contributed by atoms with Gasteiger partial charge >= 0.3 is 0 Å². The summed E-state index contributed by atoms with van der Waals surface area (Å²) in [7, 11) is 0. The van der Waals surface area contributed by atoms with E-state index in [1.807, 2.05) is 42.5 Å². The molecule has 0 unspecified atom stereocenters. The molecule has 2 aromatic carbocycles. The molecule has 0 aliphatic carbocycles. The number of rotatable bonds is 6. The second kappa shape index (κ2) is 8.88. The van der Waals surface area contributed by atoms with Crippen LogP contribution >= 0.6 is 15.9 Å². The molecule has 29 heavy (non-hydrogen) atoms. The molecule has 1 aliphatic rings. The number of ether oxygens (including phenoxy) is 1. The van der Waals surface area contributed by atoms with Crippen LogP contribution in [0.4, 0.5) is 0 Å². The first kappa shape index (κ1) is 19.8. The number of amides is 1. The lowest BCUT2D eigenvalue weighted by Gasteiger charge is -2.25. The lowest BCUT2D eigenvalue weighted by molar-refractivity contribution is -0.132. The molecular weight excluding hydrogens is 434 g/mol. The van der Waals surface area contributed by atoms with Crippen LogP contribution in [0.15, 0.2) is 57.8 Å². The molecule has 150 valence electrons. The standard InChI is InChI=1S/C22H22BrN3O3/c23-16-9-7-15(8-10-16)12-21(27)26(13-17-4-3-11-29-17)14-20-24-19-6-2-1-5-18(19)22(28)25-20/h1-2,5-10,17H,3-4,11-14H2,(H,24,25,28)/t17-/m1/s1. The van der Waals surface area contributed by atoms with Gasteiger partial charge in [0.2, 0.25) is 5.91 Å². The van der Waals surface area contributed by atoms with E-state index in [4.69, 9.17) is 4.74 Å². The molecule has 0 spiro atoms. The zero-order chi connectivity index (χ0) is 20.2. The van der Waals surface area contributed by atoms with Gasteiger partial charge in [-0.25, -0.2) is 4.98 Å². The van der Waals surface area contributed by atoms with Crippen LogP contribution in [0.2, 0.25) is 0 Å². The van der Waals surface area contributed by atoms with E-state index in [0.29, 0.717) is 23.3 Å². The van der Waals surface area contributed by atoms with Crippen molar-refractivity contribution in [3.63, 3.8) is 0 Å². The van der Waals surface area contributed by atoms with E-state index in [1.165, 1.54) is 0 Å². The average Bonchev–Trinajstić information content (AvgIpc) is 3.22. The minimum atomic E-state index is -0.192. The maximum absolute atomic E-state index is 13.1. The number of halogens is 1. The topological polar surface area (TPSA) is 75.3 Å². The Morgan fingerprint density at radius 2 is 2.00 bits per heavy atom. The lowest BCUT2D eigenvalue weighted by atomic mass is 10.1. The van der Waals surface area contributed by atoms with Crippen LogP contribution in [0.3, 0.4) is 0 Å². The Kier molecular flexibility index (Phi) is 6.06. The number of carbonyl (C=O) groups excluding carboxylic acids is 1. The van der Waals surface area contributed by atoms with E-state index < -0.39 is 0 Å². The molecule has 1 fully saturated rings. The maximum atomic E-state index is 13.1. The Bertz CT molecular complexity index is 1060. The van der Waals surface area contributed by atoms with Crippen LogP contribution in [0.25, 0.3) is 10.9 Å². The maximum Gasteiger partial charge on any atom is 0.258 e. The highest BCUT2D eigenvalue weighted by molar-refractivity contribution is 9.10. The highest BCUT2D eigenvalue weighted by atomic mass is 79.9. The van der Waals surface area contributed by atoms with Crippen LogP contribution in [0, 0.1) is 0 Å². The molecular formula is C22H22BrN3O3. The van der Waals surface area contributed by atoms with Crippen molar-refractivity contribution in [1.29, 1.82) is 0 Å². The van der Waals surface area contributed by atoms with E-state index in [1.54, 1.807) is 11.0 Å². The summed E-state index contributed by atoms with van der Waals surface area (Å²) in [4.78, 5) is 34.6. The zero-order valence-corrected chi connectivity index (χ0v) is 17.5. The molecule has 0 radical (unpaired) electrons. The molecule has 1 aliphatic heterocycles. The molecule has 7 heteroatoms. The number of hydrogen-bond acceptors (Lipinski definition) is 4. The van der Waals surface area contributed by atoms with Crippen LogP contribution in [-0.4, -0.2) is 40.0 Å². The van der Waals surface area contributed by atoms with Crippen LogP contribution in [0.5, 0.6) is 0 Å². The van der Waals surface area contributed by atoms with Crippen LogP contribution in [-0.2, 0) is 22.5 Å². The Morgan fingerprint density at radius 1 is 1.21 bits per heavy atom. The fourth-order valence-corrected chi connectivity index (χ4v) is 3.83. The first-order valence-corrected chi connectivity index (χ1v) is 10.5. The van der Waals surface area contributed by atoms with E-state index in [0.717, 1.165) is 29.5 Å². The molecule has 3 aromatic rings. The monoisotopic (exact) mass is 455 g/mol. The first-order chi connectivity index (χ1) is 14.1. The van der Waals surface area contributed by atoms with Gasteiger partial charge in [0.05, 0.1) is 30.0 Å². The van der Waals surface area contributed by atoms with Crippen molar-refractivity contribution in [3.8, 4) is 0 Å². The number of aromatic nitrogens is 2. The molecule has 1 amide bonds. The van der Waals surface area contributed by atoms with E-state index in [2.05, 4.69) is 25.9 Å². The van der Waals surface area contributed by atoms with Gasteiger partial charge in [-0.2, -0.15) is 0 Å². The van der Waals surface area contributed by atoms with Gasteiger partial charge < -0.3 is 14.6 Å². The van der Waals surface area contributed by atoms with Gasteiger partial charge in [0.1, 0.15) is 5.82 Å². The summed E-state index contributed by atoms with van der Waals surface area (Å²) in [5.74, 6) is 0.467. The van der Waals surface area contributed by atoms with Crippen molar-refractivity contribution in [2.24, 2.45) is 0 Å². The Hall–Kier alpha value is -2.51. The molecule has 1 atom stereocenters. The fraction of sp³-hybridized carbons (Fsp3) is 0.318. The number of H-pyrrole nitrogens is 1. The second-order valence-corrected chi connectivity index (χ2v) is 8.16. The van der Waals surface area contributed by atoms with E-state index >= 15 is 0 Å². The predicted molar refractivity (Wildman–Crippen MR) is 115 cm³/mol. The number of para-hydroxylation sites is 1. The fourth-order valence-electron chi connectivity index (χ4n) is 3.57. The number of nitrogens with one attached hydrogen (secondary N) is 1. The smallest absolute Gasteiger partial charge is 0.258 e. The van der Waals surface area contributed by atoms with Gasteiger partial charge in [-0.15, -0.1) is 0 Å². The van der Waals surface area contributed by atoms with Gasteiger partial charge in [0, 0.05) is 17.6 Å². The normalized spacial score (nSPS) is 16.2. The summed E-state index contributed by atoms with van der Waals surface area (Å²) in [6, 6.07) is 14.9. The summed E-state index contributed by atoms with van der Waals surface area (Å²) < 4.78 is 6.71. The molecule has 0 saturated carbocycles. The molecule has 1 aromatic heterocycles. The van der Waals surface area contributed by atoms with Gasteiger partial charge in [0.25, 0.3) is 5.56 Å². The van der Waals surface area contributed by atoms with Crippen molar-refractivity contribution < 1.29 is 9.53 Å². The Morgan fingerprint density at radius 3 is 2.76 bits per heavy atom. The summed E-state index contributed by atoms with van der Waals surface area (Å²) in [6.07, 6.45) is 2.25. The third-order valence-electron chi connectivity index (χ3n) is 5.07. The molecule has 1 saturated heterocycles. The third-order valence-corrected chi connectivity index (χ3v) is 5.60. The van der Waals surface area contributed by atoms with Crippen molar-refractivity contribution in [2.75, 3.05) is 13.2 Å². The zero-order valence-electron chi connectivity index (χ0n) is 15.9. The van der Waals surface area contributed by atoms with E-state index in [-0.39, 0.29) is 30.5 Å². The Labute approximate surface area is 177 Å². The Balaban J connectivity index is 1.57. The summed E-state index contributed by atoms with van der Waals surface area (Å²) >= 11 is 3.42. The van der Waals surface area contributed by atoms with Crippen molar-refractivity contribution in [3.05, 3.63) is 74.7 Å². The van der Waals surface area contributed by atoms with Gasteiger partial charge in [-0.1, -0.05) is 40.2 Å². The number of aromatic amines is 1. The number of benzene rings is 2. The van der Waals surface area contributed by atoms with Crippen molar-refractivity contribution in [1.82, 2.24) is 14.9 Å². The van der Waals surface area contributed by atoms with Crippen LogP contribution in [0.1, 0.15) is 24.2 Å². The quantitative estimate of drug-likeness (QED) is 0.617. The number of nitrogens with zero attached hydrogens (tertiary/aromatic N) is 2. The SMILES string of the molecule is O=C(Cc1ccc(Br)cc1)N(Cc1nc2ccccc2c(=O)[nH]1)C[C@H]1CCCO1.